The van der Waals surface area contributed by atoms with E-state index < -0.39 is 17.2 Å². The Kier molecular flexibility index (Phi) is 10.3. The van der Waals surface area contributed by atoms with E-state index in [2.05, 4.69) is 10.3 Å². The van der Waals surface area contributed by atoms with Crippen LogP contribution in [0.4, 0.5) is 21.3 Å². The minimum Gasteiger partial charge on any atom is -0.768 e. The number of ether oxygens (including phenoxy) is 1. The molecule has 3 aromatic rings. The summed E-state index contributed by atoms with van der Waals surface area (Å²) in [5, 5.41) is 13.0. The first-order chi connectivity index (χ1) is 15.8. The van der Waals surface area contributed by atoms with Crippen molar-refractivity contribution in [2.24, 2.45) is 0 Å². The molecule has 0 radical (unpaired) electrons. The van der Waals surface area contributed by atoms with Crippen LogP contribution in [0.5, 0.6) is 5.75 Å². The highest BCUT2D eigenvalue weighted by Gasteiger charge is 2.21. The summed E-state index contributed by atoms with van der Waals surface area (Å²) in [5.41, 5.74) is 6.49. The van der Waals surface area contributed by atoms with Gasteiger partial charge in [-0.25, -0.2) is 9.78 Å². The Hall–Kier alpha value is -3.48. The number of rotatable bonds is 4. The van der Waals surface area contributed by atoms with E-state index in [1.54, 1.807) is 54.6 Å². The quantitative estimate of drug-likeness (QED) is 0.457. The standard InChI is InChI=1S/C10H11NO3S.C8H9NO3.C3H4N2S.2H2/c12-10-2-1-7-11(10)8-3-5-9(6-4-8)15(13)14;1-12-7-4-2-6(3-5-7)9-8(10)11;4-3-5-1-2-6-3;;/h3-6H,1-2,7H2,(H,13,14);2-5,9H,1H3,(H,10,11);1-2H,(H2,4,5);2*1H/p-1. The second-order valence-electron chi connectivity index (χ2n) is 6.41. The van der Waals surface area contributed by atoms with Crippen molar-refractivity contribution in [3.8, 4) is 5.75 Å². The Morgan fingerprint density at radius 3 is 2.33 bits per heavy atom. The highest BCUT2D eigenvalue weighted by Crippen LogP contribution is 2.22. The summed E-state index contributed by atoms with van der Waals surface area (Å²) in [6.45, 7) is 0.721. The summed E-state index contributed by atoms with van der Waals surface area (Å²) in [6.07, 6.45) is 2.06. The molecule has 0 spiro atoms. The van der Waals surface area contributed by atoms with Gasteiger partial charge in [0, 0.05) is 43.7 Å². The number of thiazole rings is 1. The van der Waals surface area contributed by atoms with Gasteiger partial charge in [0.25, 0.3) is 0 Å². The van der Waals surface area contributed by atoms with E-state index in [1.165, 1.54) is 23.5 Å². The van der Waals surface area contributed by atoms with E-state index in [4.69, 9.17) is 15.6 Å². The number of nitrogens with two attached hydrogens (primary N) is 1. The monoisotopic (exact) mass is 495 g/mol. The van der Waals surface area contributed by atoms with Crippen molar-refractivity contribution < 1.29 is 31.0 Å². The fourth-order valence-corrected chi connectivity index (χ4v) is 3.43. The third-order valence-electron chi connectivity index (χ3n) is 4.21. The number of aromatic nitrogens is 1. The Morgan fingerprint density at radius 2 is 1.94 bits per heavy atom. The fraction of sp³-hybridized carbons (Fsp3) is 0.190. The molecule has 0 aliphatic carbocycles. The van der Waals surface area contributed by atoms with Gasteiger partial charge in [0.15, 0.2) is 5.13 Å². The molecule has 1 unspecified atom stereocenters. The lowest BCUT2D eigenvalue weighted by Gasteiger charge is -2.16. The van der Waals surface area contributed by atoms with Gasteiger partial charge in [-0.1, -0.05) is 0 Å². The molecule has 2 heterocycles. The molecule has 1 atom stereocenters. The molecular weight excluding hydrogens is 468 g/mol. The van der Waals surface area contributed by atoms with E-state index in [9.17, 15) is 18.4 Å². The van der Waals surface area contributed by atoms with E-state index in [0.29, 0.717) is 23.0 Å². The molecule has 12 heteroatoms. The van der Waals surface area contributed by atoms with Crippen LogP contribution in [-0.4, -0.2) is 44.5 Å². The summed E-state index contributed by atoms with van der Waals surface area (Å²) in [5.74, 6) is 0.803. The van der Waals surface area contributed by atoms with Crippen molar-refractivity contribution in [2.75, 3.05) is 29.6 Å². The number of carbonyl (C=O) groups excluding carboxylic acids is 1. The predicted octanol–water partition coefficient (Wildman–Crippen LogP) is 4.05. The number of benzene rings is 2. The number of carboxylic acid groups (broad SMARTS) is 1. The zero-order valence-electron chi connectivity index (χ0n) is 17.7. The van der Waals surface area contributed by atoms with Crippen LogP contribution in [0.15, 0.2) is 65.0 Å². The van der Waals surface area contributed by atoms with Crippen LogP contribution in [0.25, 0.3) is 0 Å². The smallest absolute Gasteiger partial charge is 0.409 e. The molecule has 1 fully saturated rings. The lowest BCUT2D eigenvalue weighted by Crippen LogP contribution is -2.23. The Bertz CT molecular complexity index is 1050. The van der Waals surface area contributed by atoms with Gasteiger partial charge in [0.1, 0.15) is 5.75 Å². The first-order valence-electron chi connectivity index (χ1n) is 9.59. The highest BCUT2D eigenvalue weighted by molar-refractivity contribution is 7.79. The van der Waals surface area contributed by atoms with Gasteiger partial charge in [-0.15, -0.1) is 11.3 Å². The normalized spacial score (nSPS) is 13.2. The van der Waals surface area contributed by atoms with Gasteiger partial charge < -0.3 is 25.0 Å². The van der Waals surface area contributed by atoms with Crippen molar-refractivity contribution in [3.05, 3.63) is 60.1 Å². The Morgan fingerprint density at radius 1 is 1.27 bits per heavy atom. The van der Waals surface area contributed by atoms with Crippen molar-refractivity contribution in [2.45, 2.75) is 17.7 Å². The van der Waals surface area contributed by atoms with Crippen LogP contribution in [0.1, 0.15) is 15.7 Å². The number of amides is 2. The van der Waals surface area contributed by atoms with E-state index in [0.717, 1.165) is 18.7 Å². The molecule has 33 heavy (non-hydrogen) atoms. The molecule has 4 N–H and O–H groups in total. The average molecular weight is 496 g/mol. The SMILES string of the molecule is COc1ccc(NC(=O)O)cc1.Nc1nccs1.O=C1CCCN1c1ccc(S(=O)[O-])cc1.[HH].[HH]. The maximum absolute atomic E-state index is 11.4. The first kappa shape index (κ1) is 25.8. The van der Waals surface area contributed by atoms with Crippen LogP contribution < -0.4 is 20.7 Å². The molecule has 2 aromatic carbocycles. The summed E-state index contributed by atoms with van der Waals surface area (Å²) in [7, 11) is 1.56. The summed E-state index contributed by atoms with van der Waals surface area (Å²) >= 11 is -0.756. The molecule has 0 saturated carbocycles. The van der Waals surface area contributed by atoms with Gasteiger partial charge in [0.2, 0.25) is 5.91 Å². The zero-order chi connectivity index (χ0) is 24.2. The van der Waals surface area contributed by atoms with Crippen LogP contribution in [0.3, 0.4) is 0 Å². The molecule has 1 saturated heterocycles. The molecule has 0 bridgehead atoms. The number of nitrogens with one attached hydrogen (secondary N) is 1. The van der Waals surface area contributed by atoms with Crippen LogP contribution >= 0.6 is 11.3 Å². The van der Waals surface area contributed by atoms with E-state index in [-0.39, 0.29) is 13.7 Å². The number of carbonyl (C=O) groups is 2. The van der Waals surface area contributed by atoms with Gasteiger partial charge in [0.05, 0.1) is 7.11 Å². The van der Waals surface area contributed by atoms with Crippen molar-refractivity contribution in [1.82, 2.24) is 4.98 Å². The van der Waals surface area contributed by atoms with Crippen molar-refractivity contribution >= 4 is 50.9 Å². The molecule has 10 nitrogen and oxygen atoms in total. The Labute approximate surface area is 200 Å². The van der Waals surface area contributed by atoms with Crippen LogP contribution in [-0.2, 0) is 15.9 Å². The second-order valence-corrected chi connectivity index (χ2v) is 8.27. The van der Waals surface area contributed by atoms with E-state index in [1.807, 2.05) is 5.38 Å². The summed E-state index contributed by atoms with van der Waals surface area (Å²) in [6, 6.07) is 13.0. The van der Waals surface area contributed by atoms with Crippen LogP contribution in [0.2, 0.25) is 0 Å². The first-order valence-corrected chi connectivity index (χ1v) is 11.5. The van der Waals surface area contributed by atoms with Gasteiger partial charge >= 0.3 is 6.09 Å². The minimum absolute atomic E-state index is 0. The molecular formula is C21H27N4O6S2-. The highest BCUT2D eigenvalue weighted by atomic mass is 32.2. The van der Waals surface area contributed by atoms with Gasteiger partial charge in [-0.05, 0) is 66.0 Å². The number of methoxy groups -OCH3 is 1. The lowest BCUT2D eigenvalue weighted by molar-refractivity contribution is -0.117. The second kappa shape index (κ2) is 13.2. The molecule has 1 aliphatic heterocycles. The van der Waals surface area contributed by atoms with Crippen molar-refractivity contribution in [1.29, 1.82) is 0 Å². The summed E-state index contributed by atoms with van der Waals surface area (Å²) < 4.78 is 26.1. The third kappa shape index (κ3) is 8.88. The Balaban J connectivity index is 0.000000520. The average Bonchev–Trinajstić information content (AvgIpc) is 3.45. The predicted molar refractivity (Wildman–Crippen MR) is 131 cm³/mol. The number of nitrogens with zero attached hydrogens (tertiary/aromatic N) is 2. The summed E-state index contributed by atoms with van der Waals surface area (Å²) in [4.78, 5) is 27.2. The number of nitrogen functional groups attached to an aromatic ring is 1. The zero-order valence-corrected chi connectivity index (χ0v) is 19.3. The molecule has 1 aliphatic rings. The van der Waals surface area contributed by atoms with Crippen LogP contribution in [0, 0.1) is 0 Å². The minimum atomic E-state index is -2.20. The largest absolute Gasteiger partial charge is 0.768 e. The number of hydrogen-bond donors (Lipinski definition) is 3. The van der Waals surface area contributed by atoms with E-state index >= 15 is 0 Å². The topological polar surface area (TPSA) is 158 Å². The molecule has 1 aromatic heterocycles. The maximum atomic E-state index is 11.4. The van der Waals surface area contributed by atoms with Crippen molar-refractivity contribution in [3.63, 3.8) is 0 Å². The molecule has 2 amide bonds. The maximum Gasteiger partial charge on any atom is 0.409 e. The lowest BCUT2D eigenvalue weighted by atomic mass is 10.3. The van der Waals surface area contributed by atoms with Gasteiger partial charge in [-0.3, -0.25) is 14.3 Å². The molecule has 4 rings (SSSR count). The number of anilines is 3. The third-order valence-corrected chi connectivity index (χ3v) is 5.47. The number of hydrogen-bond acceptors (Lipinski definition) is 8. The van der Waals surface area contributed by atoms with Gasteiger partial charge in [-0.2, -0.15) is 0 Å². The fourth-order valence-electron chi connectivity index (χ4n) is 2.69. The molecule has 180 valence electrons.